The first-order valence-electron chi connectivity index (χ1n) is 7.59. The van der Waals surface area contributed by atoms with Gasteiger partial charge in [-0.1, -0.05) is 26.0 Å². The molecule has 0 heterocycles. The van der Waals surface area contributed by atoms with E-state index in [-0.39, 0.29) is 23.5 Å². The van der Waals surface area contributed by atoms with Crippen molar-refractivity contribution in [1.29, 1.82) is 0 Å². The highest BCUT2D eigenvalue weighted by atomic mass is 16.2. The number of para-hydroxylation sites is 1. The first kappa shape index (κ1) is 18.0. The Bertz CT molecular complexity index is 533. The minimum atomic E-state index is -0.335. The molecule has 122 valence electrons. The van der Waals surface area contributed by atoms with Crippen LogP contribution in [0.25, 0.3) is 0 Å². The molecule has 1 aromatic rings. The molecule has 0 aliphatic carbocycles. The summed E-state index contributed by atoms with van der Waals surface area (Å²) in [5.41, 5.74) is 0.612. The molecule has 3 N–H and O–H groups in total. The van der Waals surface area contributed by atoms with Crippen LogP contribution in [0.1, 0.15) is 51.9 Å². The van der Waals surface area contributed by atoms with Gasteiger partial charge in [0, 0.05) is 11.6 Å². The number of benzene rings is 1. The smallest absolute Gasteiger partial charge is 0.319 e. The number of rotatable bonds is 4. The van der Waals surface area contributed by atoms with Crippen LogP contribution in [0.4, 0.5) is 10.5 Å². The number of urea groups is 1. The first-order chi connectivity index (χ1) is 10.1. The van der Waals surface area contributed by atoms with E-state index in [0.717, 1.165) is 0 Å². The van der Waals surface area contributed by atoms with Crippen LogP contribution in [0.2, 0.25) is 0 Å². The maximum absolute atomic E-state index is 12.3. The van der Waals surface area contributed by atoms with Crippen LogP contribution in [0, 0.1) is 5.92 Å². The van der Waals surface area contributed by atoms with Crippen molar-refractivity contribution in [3.63, 3.8) is 0 Å². The number of nitrogens with one attached hydrogen (secondary N) is 3. The van der Waals surface area contributed by atoms with E-state index in [1.54, 1.807) is 24.3 Å². The van der Waals surface area contributed by atoms with Gasteiger partial charge in [0.25, 0.3) is 5.91 Å². The Balaban J connectivity index is 2.84. The second-order valence-electron chi connectivity index (χ2n) is 6.88. The molecular weight excluding hydrogens is 278 g/mol. The van der Waals surface area contributed by atoms with Gasteiger partial charge in [-0.3, -0.25) is 4.79 Å². The molecule has 5 heteroatoms. The Labute approximate surface area is 132 Å². The molecule has 0 aromatic heterocycles. The van der Waals surface area contributed by atoms with Crippen LogP contribution < -0.4 is 16.0 Å². The summed E-state index contributed by atoms with van der Waals surface area (Å²) in [4.78, 5) is 24.3. The monoisotopic (exact) mass is 305 g/mol. The minimum Gasteiger partial charge on any atom is -0.347 e. The van der Waals surface area contributed by atoms with Crippen molar-refractivity contribution in [3.8, 4) is 0 Å². The molecule has 0 aliphatic rings. The second kappa shape index (κ2) is 7.29. The fourth-order valence-corrected chi connectivity index (χ4v) is 1.73. The molecule has 0 spiro atoms. The minimum absolute atomic E-state index is 0.0514. The topological polar surface area (TPSA) is 70.2 Å². The van der Waals surface area contributed by atoms with E-state index >= 15 is 0 Å². The van der Waals surface area contributed by atoms with Crippen molar-refractivity contribution in [2.45, 2.75) is 53.1 Å². The largest absolute Gasteiger partial charge is 0.347 e. The van der Waals surface area contributed by atoms with E-state index in [9.17, 15) is 9.59 Å². The predicted molar refractivity (Wildman–Crippen MR) is 90.1 cm³/mol. The second-order valence-corrected chi connectivity index (χ2v) is 6.88. The maximum atomic E-state index is 12.3. The molecule has 1 atom stereocenters. The fourth-order valence-electron chi connectivity index (χ4n) is 1.73. The Morgan fingerprint density at radius 3 is 2.18 bits per heavy atom. The zero-order valence-electron chi connectivity index (χ0n) is 14.3. The molecule has 0 fully saturated rings. The standard InChI is InChI=1S/C17H27N3O2/c1-11(2)12(3)18-16(22)19-14-10-8-7-9-13(14)15(21)20-17(4,5)6/h7-12H,1-6H3,(H,20,21)(H2,18,19,22). The molecule has 3 amide bonds. The van der Waals surface area contributed by atoms with E-state index in [4.69, 9.17) is 0 Å². The molecule has 0 saturated heterocycles. The van der Waals surface area contributed by atoms with E-state index in [1.165, 1.54) is 0 Å². The summed E-state index contributed by atoms with van der Waals surface area (Å²) in [5.74, 6) is 0.130. The van der Waals surface area contributed by atoms with Crippen molar-refractivity contribution in [3.05, 3.63) is 29.8 Å². The SMILES string of the molecule is CC(C)C(C)NC(=O)Nc1ccccc1C(=O)NC(C)(C)C. The quantitative estimate of drug-likeness (QED) is 0.798. The Morgan fingerprint density at radius 2 is 1.64 bits per heavy atom. The Morgan fingerprint density at radius 1 is 1.05 bits per heavy atom. The fraction of sp³-hybridized carbons (Fsp3) is 0.529. The summed E-state index contributed by atoms with van der Waals surface area (Å²) in [6.07, 6.45) is 0. The van der Waals surface area contributed by atoms with Crippen LogP contribution in [-0.2, 0) is 0 Å². The van der Waals surface area contributed by atoms with Crippen LogP contribution >= 0.6 is 0 Å². The highest BCUT2D eigenvalue weighted by molar-refractivity contribution is 6.03. The third-order valence-corrected chi connectivity index (χ3v) is 3.27. The number of hydrogen-bond acceptors (Lipinski definition) is 2. The third-order valence-electron chi connectivity index (χ3n) is 3.27. The lowest BCUT2D eigenvalue weighted by Crippen LogP contribution is -2.42. The summed E-state index contributed by atoms with van der Waals surface area (Å²) in [5, 5.41) is 8.51. The van der Waals surface area contributed by atoms with Crippen LogP contribution in [-0.4, -0.2) is 23.5 Å². The van der Waals surface area contributed by atoms with Crippen LogP contribution in [0.15, 0.2) is 24.3 Å². The van der Waals surface area contributed by atoms with E-state index in [1.807, 2.05) is 41.5 Å². The summed E-state index contributed by atoms with van der Waals surface area (Å²) in [6.45, 7) is 11.8. The molecule has 0 saturated carbocycles. The average molecular weight is 305 g/mol. The van der Waals surface area contributed by atoms with Gasteiger partial charge in [0.05, 0.1) is 11.3 Å². The third kappa shape index (κ3) is 5.76. The van der Waals surface area contributed by atoms with Crippen molar-refractivity contribution < 1.29 is 9.59 Å². The highest BCUT2D eigenvalue weighted by Gasteiger charge is 2.19. The van der Waals surface area contributed by atoms with Crippen LogP contribution in [0.5, 0.6) is 0 Å². The van der Waals surface area contributed by atoms with Gasteiger partial charge >= 0.3 is 6.03 Å². The van der Waals surface area contributed by atoms with Crippen molar-refractivity contribution in [2.75, 3.05) is 5.32 Å². The number of anilines is 1. The Kier molecular flexibility index (Phi) is 5.97. The van der Waals surface area contributed by atoms with Gasteiger partial charge in [-0.25, -0.2) is 4.79 Å². The molecule has 1 rings (SSSR count). The average Bonchev–Trinajstić information content (AvgIpc) is 2.36. The zero-order chi connectivity index (χ0) is 16.9. The highest BCUT2D eigenvalue weighted by Crippen LogP contribution is 2.16. The van der Waals surface area contributed by atoms with Crippen molar-refractivity contribution in [1.82, 2.24) is 10.6 Å². The number of hydrogen-bond donors (Lipinski definition) is 3. The van der Waals surface area contributed by atoms with Gasteiger partial charge in [0.2, 0.25) is 0 Å². The molecule has 0 radical (unpaired) electrons. The van der Waals surface area contributed by atoms with Gasteiger partial charge in [-0.2, -0.15) is 0 Å². The lowest BCUT2D eigenvalue weighted by molar-refractivity contribution is 0.0920. The number of amides is 3. The van der Waals surface area contributed by atoms with E-state index in [2.05, 4.69) is 16.0 Å². The molecule has 1 aromatic carbocycles. The van der Waals surface area contributed by atoms with Crippen molar-refractivity contribution in [2.24, 2.45) is 5.92 Å². The van der Waals surface area contributed by atoms with Crippen molar-refractivity contribution >= 4 is 17.6 Å². The summed E-state index contributed by atoms with van der Waals surface area (Å²) in [6, 6.07) is 6.72. The predicted octanol–water partition coefficient (Wildman–Crippen LogP) is 3.38. The van der Waals surface area contributed by atoms with Gasteiger partial charge in [0.1, 0.15) is 0 Å². The lowest BCUT2D eigenvalue weighted by Gasteiger charge is -2.22. The molecule has 22 heavy (non-hydrogen) atoms. The summed E-state index contributed by atoms with van der Waals surface area (Å²) in [7, 11) is 0. The molecule has 5 nitrogen and oxygen atoms in total. The first-order valence-corrected chi connectivity index (χ1v) is 7.59. The lowest BCUT2D eigenvalue weighted by atomic mass is 10.1. The molecule has 0 bridgehead atoms. The summed E-state index contributed by atoms with van der Waals surface area (Å²) < 4.78 is 0. The number of carbonyl (C=O) groups excluding carboxylic acids is 2. The zero-order valence-corrected chi connectivity index (χ0v) is 14.3. The van der Waals surface area contributed by atoms with E-state index < -0.39 is 0 Å². The van der Waals surface area contributed by atoms with E-state index in [0.29, 0.717) is 17.2 Å². The maximum Gasteiger partial charge on any atom is 0.319 e. The molecular formula is C17H27N3O2. The van der Waals surface area contributed by atoms with Gasteiger partial charge < -0.3 is 16.0 Å². The molecule has 1 unspecified atom stereocenters. The normalized spacial score (nSPS) is 12.7. The molecule has 0 aliphatic heterocycles. The van der Waals surface area contributed by atoms with Gasteiger partial charge in [-0.15, -0.1) is 0 Å². The van der Waals surface area contributed by atoms with Crippen LogP contribution in [0.3, 0.4) is 0 Å². The van der Waals surface area contributed by atoms with Gasteiger partial charge in [0.15, 0.2) is 0 Å². The Hall–Kier alpha value is -2.04. The number of carbonyl (C=O) groups is 2. The summed E-state index contributed by atoms with van der Waals surface area (Å²) >= 11 is 0. The van der Waals surface area contributed by atoms with Gasteiger partial charge in [-0.05, 0) is 45.7 Å².